The Morgan fingerprint density at radius 1 is 1.22 bits per heavy atom. The average Bonchev–Trinajstić information content (AvgIpc) is 2.26. The molecule has 1 aromatic rings. The second kappa shape index (κ2) is 5.67. The zero-order valence-electron chi connectivity index (χ0n) is 11.2. The summed E-state index contributed by atoms with van der Waals surface area (Å²) in [5, 5.41) is 10.00. The molecule has 0 aliphatic rings. The molecular formula is C14H18O4. The summed E-state index contributed by atoms with van der Waals surface area (Å²) in [5.74, 6) is -1.02. The molecule has 1 rings (SSSR count). The van der Waals surface area contributed by atoms with Gasteiger partial charge < -0.3 is 9.84 Å². The zero-order valence-corrected chi connectivity index (χ0v) is 11.2. The van der Waals surface area contributed by atoms with Crippen molar-refractivity contribution in [1.29, 1.82) is 0 Å². The Morgan fingerprint density at radius 2 is 1.83 bits per heavy atom. The van der Waals surface area contributed by atoms with E-state index in [0.717, 1.165) is 5.56 Å². The van der Waals surface area contributed by atoms with Crippen LogP contribution in [0.5, 0.6) is 5.75 Å². The fourth-order valence-electron chi connectivity index (χ4n) is 1.85. The number of aromatic hydroxyl groups is 1. The number of carbonyl (C=O) groups is 2. The third-order valence-electron chi connectivity index (χ3n) is 2.90. The van der Waals surface area contributed by atoms with Gasteiger partial charge in [0.2, 0.25) is 0 Å². The summed E-state index contributed by atoms with van der Waals surface area (Å²) in [4.78, 5) is 23.3. The van der Waals surface area contributed by atoms with E-state index in [1.807, 2.05) is 13.0 Å². The van der Waals surface area contributed by atoms with E-state index >= 15 is 0 Å². The SMILES string of the molecule is CCOC(=O)CC(=O)c1c(C)cc(C)c(C)c1O. The van der Waals surface area contributed by atoms with E-state index in [4.69, 9.17) is 4.74 Å². The van der Waals surface area contributed by atoms with Crippen LogP contribution in [0.1, 0.15) is 40.4 Å². The number of rotatable bonds is 4. The first-order valence-electron chi connectivity index (χ1n) is 5.87. The number of benzene rings is 1. The zero-order chi connectivity index (χ0) is 13.9. The number of carbonyl (C=O) groups excluding carboxylic acids is 2. The smallest absolute Gasteiger partial charge is 0.313 e. The van der Waals surface area contributed by atoms with E-state index in [1.165, 1.54) is 0 Å². The molecule has 4 nitrogen and oxygen atoms in total. The summed E-state index contributed by atoms with van der Waals surface area (Å²) < 4.78 is 4.73. The summed E-state index contributed by atoms with van der Waals surface area (Å²) in [6.07, 6.45) is -0.343. The second-order valence-electron chi connectivity index (χ2n) is 4.26. The second-order valence-corrected chi connectivity index (χ2v) is 4.26. The predicted octanol–water partition coefficient (Wildman–Crippen LogP) is 2.45. The molecule has 18 heavy (non-hydrogen) atoms. The first kappa shape index (κ1) is 14.2. The summed E-state index contributed by atoms with van der Waals surface area (Å²) >= 11 is 0. The van der Waals surface area contributed by atoms with Crippen molar-refractivity contribution >= 4 is 11.8 Å². The van der Waals surface area contributed by atoms with Crippen LogP contribution in [-0.2, 0) is 9.53 Å². The number of esters is 1. The Hall–Kier alpha value is -1.84. The molecule has 1 aromatic carbocycles. The molecule has 0 aromatic heterocycles. The van der Waals surface area contributed by atoms with Gasteiger partial charge >= 0.3 is 5.97 Å². The van der Waals surface area contributed by atoms with Crippen molar-refractivity contribution in [3.63, 3.8) is 0 Å². The molecule has 98 valence electrons. The summed E-state index contributed by atoms with van der Waals surface area (Å²) in [6.45, 7) is 7.27. The Morgan fingerprint density at radius 3 is 2.39 bits per heavy atom. The van der Waals surface area contributed by atoms with Gasteiger partial charge in [-0.05, 0) is 44.4 Å². The maximum absolute atomic E-state index is 12.0. The van der Waals surface area contributed by atoms with Crippen LogP contribution in [0, 0.1) is 20.8 Å². The maximum atomic E-state index is 12.0. The number of aryl methyl sites for hydroxylation is 2. The van der Waals surface area contributed by atoms with Gasteiger partial charge in [-0.1, -0.05) is 6.07 Å². The minimum absolute atomic E-state index is 0.0400. The predicted molar refractivity (Wildman–Crippen MR) is 67.9 cm³/mol. The van der Waals surface area contributed by atoms with Gasteiger partial charge in [-0.15, -0.1) is 0 Å². The monoisotopic (exact) mass is 250 g/mol. The lowest BCUT2D eigenvalue weighted by atomic mass is 9.95. The summed E-state index contributed by atoms with van der Waals surface area (Å²) in [5.41, 5.74) is 2.46. The molecule has 0 saturated carbocycles. The van der Waals surface area contributed by atoms with Gasteiger partial charge in [-0.3, -0.25) is 9.59 Å². The van der Waals surface area contributed by atoms with Crippen molar-refractivity contribution in [3.8, 4) is 5.75 Å². The van der Waals surface area contributed by atoms with Crippen LogP contribution in [0.3, 0.4) is 0 Å². The van der Waals surface area contributed by atoms with Crippen molar-refractivity contribution in [2.75, 3.05) is 6.61 Å². The number of Topliss-reactive ketones (excluding diaryl/α,β-unsaturated/α-hetero) is 1. The number of hydrogen-bond donors (Lipinski definition) is 1. The molecule has 0 amide bonds. The van der Waals surface area contributed by atoms with E-state index in [9.17, 15) is 14.7 Å². The van der Waals surface area contributed by atoms with Crippen LogP contribution in [0.15, 0.2) is 6.07 Å². The summed E-state index contributed by atoms with van der Waals surface area (Å²) in [7, 11) is 0. The van der Waals surface area contributed by atoms with Crippen LogP contribution >= 0.6 is 0 Å². The normalized spacial score (nSPS) is 10.2. The molecule has 0 fully saturated rings. The number of ketones is 1. The van der Waals surface area contributed by atoms with E-state index in [1.54, 1.807) is 20.8 Å². The highest BCUT2D eigenvalue weighted by Gasteiger charge is 2.20. The van der Waals surface area contributed by atoms with Crippen molar-refractivity contribution in [2.45, 2.75) is 34.1 Å². The summed E-state index contributed by atoms with van der Waals surface area (Å²) in [6, 6.07) is 1.83. The third kappa shape index (κ3) is 2.88. The van der Waals surface area contributed by atoms with Gasteiger partial charge in [0.25, 0.3) is 0 Å². The van der Waals surface area contributed by atoms with Crippen molar-refractivity contribution in [3.05, 3.63) is 28.3 Å². The largest absolute Gasteiger partial charge is 0.507 e. The molecule has 4 heteroatoms. The molecule has 0 saturated heterocycles. The maximum Gasteiger partial charge on any atom is 0.313 e. The van der Waals surface area contributed by atoms with Crippen LogP contribution in [-0.4, -0.2) is 23.5 Å². The van der Waals surface area contributed by atoms with Crippen molar-refractivity contribution < 1.29 is 19.4 Å². The van der Waals surface area contributed by atoms with Crippen LogP contribution < -0.4 is 0 Å². The van der Waals surface area contributed by atoms with Gasteiger partial charge in [0.05, 0.1) is 12.2 Å². The molecule has 0 spiro atoms. The molecule has 0 heterocycles. The van der Waals surface area contributed by atoms with Crippen LogP contribution in [0.2, 0.25) is 0 Å². The van der Waals surface area contributed by atoms with Crippen LogP contribution in [0.25, 0.3) is 0 Å². The molecule has 0 unspecified atom stereocenters. The lowest BCUT2D eigenvalue weighted by Gasteiger charge is -2.12. The van der Waals surface area contributed by atoms with E-state index in [0.29, 0.717) is 11.1 Å². The average molecular weight is 250 g/mol. The number of hydrogen-bond acceptors (Lipinski definition) is 4. The minimum Gasteiger partial charge on any atom is -0.507 e. The van der Waals surface area contributed by atoms with E-state index in [2.05, 4.69) is 0 Å². The fourth-order valence-corrected chi connectivity index (χ4v) is 1.85. The highest BCUT2D eigenvalue weighted by molar-refractivity contribution is 6.08. The van der Waals surface area contributed by atoms with E-state index in [-0.39, 0.29) is 24.3 Å². The van der Waals surface area contributed by atoms with E-state index < -0.39 is 11.8 Å². The van der Waals surface area contributed by atoms with Crippen molar-refractivity contribution in [1.82, 2.24) is 0 Å². The lowest BCUT2D eigenvalue weighted by Crippen LogP contribution is -2.13. The molecule has 0 aliphatic heterocycles. The third-order valence-corrected chi connectivity index (χ3v) is 2.90. The molecule has 1 N–H and O–H groups in total. The van der Waals surface area contributed by atoms with Gasteiger partial charge in [0, 0.05) is 0 Å². The number of phenolic OH excluding ortho intramolecular Hbond substituents is 1. The van der Waals surface area contributed by atoms with Gasteiger partial charge in [0.1, 0.15) is 12.2 Å². The fraction of sp³-hybridized carbons (Fsp3) is 0.429. The molecule has 0 atom stereocenters. The number of ether oxygens (including phenoxy) is 1. The lowest BCUT2D eigenvalue weighted by molar-refractivity contribution is -0.141. The Balaban J connectivity index is 3.07. The van der Waals surface area contributed by atoms with Gasteiger partial charge in [0.15, 0.2) is 5.78 Å². The minimum atomic E-state index is -0.570. The first-order chi connectivity index (χ1) is 8.38. The van der Waals surface area contributed by atoms with Gasteiger partial charge in [-0.2, -0.15) is 0 Å². The number of phenols is 1. The standard InChI is InChI=1S/C14H18O4/c1-5-18-12(16)7-11(15)13-9(3)6-8(2)10(4)14(13)17/h6,17H,5,7H2,1-4H3. The van der Waals surface area contributed by atoms with Gasteiger partial charge in [-0.25, -0.2) is 0 Å². The van der Waals surface area contributed by atoms with Crippen molar-refractivity contribution in [2.24, 2.45) is 0 Å². The molecular weight excluding hydrogens is 232 g/mol. The Bertz CT molecular complexity index is 489. The Kier molecular flexibility index (Phi) is 4.48. The molecule has 0 radical (unpaired) electrons. The first-order valence-corrected chi connectivity index (χ1v) is 5.87. The highest BCUT2D eigenvalue weighted by Crippen LogP contribution is 2.29. The quantitative estimate of drug-likeness (QED) is 0.506. The topological polar surface area (TPSA) is 63.6 Å². The Labute approximate surface area is 107 Å². The van der Waals surface area contributed by atoms with Crippen LogP contribution in [0.4, 0.5) is 0 Å². The molecule has 0 bridgehead atoms. The highest BCUT2D eigenvalue weighted by atomic mass is 16.5. The molecule has 0 aliphatic carbocycles.